The molecular weight excluding hydrogens is 745 g/mol. The molecule has 0 aliphatic heterocycles. The Morgan fingerprint density at radius 2 is 0.797 bits per heavy atom. The van der Waals surface area contributed by atoms with Gasteiger partial charge in [0.15, 0.2) is 16.6 Å². The van der Waals surface area contributed by atoms with E-state index in [0.29, 0.717) is 0 Å². The summed E-state index contributed by atoms with van der Waals surface area (Å²) >= 11 is 0. The molecule has 8 rings (SSSR count). The van der Waals surface area contributed by atoms with Crippen molar-refractivity contribution in [1.82, 2.24) is 0 Å². The van der Waals surface area contributed by atoms with Crippen LogP contribution in [0.5, 0.6) is 0 Å². The van der Waals surface area contributed by atoms with Gasteiger partial charge >= 0.3 is 0 Å². The molecule has 0 bridgehead atoms. The van der Waals surface area contributed by atoms with Crippen LogP contribution in [0.2, 0.25) is 38.3 Å². The molecule has 1 spiro atoms. The standard InChI is InChI=1S/C27H20.C15H28.C8H22OSi2.6CH4/c1-17-11-13-21-19-7-3-5-9-23(19)27(25(21)15-17)24-10-6-4-8-20(24)22-14-12-18(2)16-26(22)27;1-12-3-7-14(8-4-12)11-15-9-5-13(2)6-10-15;1-7-10(3,4)9-11(5,6)8-2;;;;;;/h3-16H,1-2H3;12-15H,3-11H2,1-2H3;7-8H2,1-6H3;6*1H4. The number of benzene rings is 4. The highest BCUT2D eigenvalue weighted by Crippen LogP contribution is 2.62. The van der Waals surface area contributed by atoms with E-state index < -0.39 is 16.6 Å². The average Bonchev–Trinajstić information content (AvgIpc) is 3.60. The Labute approximate surface area is 370 Å². The molecule has 2 saturated carbocycles. The fraction of sp³-hybridized carbons (Fsp3) is 0.571. The minimum atomic E-state index is -1.27. The molecule has 0 saturated heterocycles. The van der Waals surface area contributed by atoms with Crippen LogP contribution in [-0.2, 0) is 9.53 Å². The third-order valence-electron chi connectivity index (χ3n) is 13.6. The minimum Gasteiger partial charge on any atom is -0.456 e. The van der Waals surface area contributed by atoms with Crippen LogP contribution < -0.4 is 0 Å². The van der Waals surface area contributed by atoms with Gasteiger partial charge in [-0.15, -0.1) is 0 Å². The molecule has 2 fully saturated rings. The second kappa shape index (κ2) is 23.5. The first kappa shape index (κ1) is 56.3. The molecule has 0 radical (unpaired) electrons. The van der Waals surface area contributed by atoms with Crippen LogP contribution in [0.4, 0.5) is 0 Å². The van der Waals surface area contributed by atoms with Gasteiger partial charge in [0, 0.05) is 0 Å². The van der Waals surface area contributed by atoms with Gasteiger partial charge in [-0.1, -0.05) is 220 Å². The fourth-order valence-corrected chi connectivity index (χ4v) is 17.0. The van der Waals surface area contributed by atoms with Gasteiger partial charge in [0.25, 0.3) is 0 Å². The topological polar surface area (TPSA) is 9.23 Å². The van der Waals surface area contributed by atoms with Crippen LogP contribution >= 0.6 is 0 Å². The molecule has 4 aliphatic rings. The molecule has 4 aliphatic carbocycles. The molecule has 0 atom stereocenters. The van der Waals surface area contributed by atoms with E-state index in [2.05, 4.69) is 153 Å². The maximum Gasteiger partial charge on any atom is 0.173 e. The predicted octanol–water partition coefficient (Wildman–Crippen LogP) is 18.9. The maximum atomic E-state index is 6.20. The summed E-state index contributed by atoms with van der Waals surface area (Å²) in [5.74, 6) is 4.24. The van der Waals surface area contributed by atoms with E-state index in [1.807, 2.05) is 0 Å². The van der Waals surface area contributed by atoms with Gasteiger partial charge < -0.3 is 4.12 Å². The van der Waals surface area contributed by atoms with Gasteiger partial charge in [-0.25, -0.2) is 0 Å². The summed E-state index contributed by atoms with van der Waals surface area (Å²) in [6, 6.07) is 34.4. The Kier molecular flexibility index (Phi) is 22.4. The lowest BCUT2D eigenvalue weighted by atomic mass is 9.70. The normalized spacial score (nSPS) is 20.1. The SMILES string of the molecule is C.C.C.C.C.C.CC1CCC(CC2CCC(C)CC2)CC1.CC[Si](C)(C)O[Si](C)(C)CC.Cc1ccc2c(c1)C1(c3ccccc3-2)c2ccccc2-c2ccc(C)cc21. The first-order chi connectivity index (χ1) is 25.3. The highest BCUT2D eigenvalue weighted by atomic mass is 28.4. The molecule has 1 nitrogen and oxygen atoms in total. The lowest BCUT2D eigenvalue weighted by Crippen LogP contribution is -2.43. The quantitative estimate of drug-likeness (QED) is 0.152. The number of fused-ring (bicyclic) bond motifs is 10. The van der Waals surface area contributed by atoms with Crippen LogP contribution in [-0.4, -0.2) is 16.6 Å². The third-order valence-corrected chi connectivity index (χ3v) is 21.4. The highest BCUT2D eigenvalue weighted by Gasteiger charge is 2.51. The van der Waals surface area contributed by atoms with Crippen LogP contribution in [0.1, 0.15) is 163 Å². The van der Waals surface area contributed by atoms with E-state index in [1.165, 1.54) is 119 Å². The van der Waals surface area contributed by atoms with E-state index in [-0.39, 0.29) is 50.0 Å². The summed E-state index contributed by atoms with van der Waals surface area (Å²) in [5.41, 5.74) is 13.6. The number of aryl methyl sites for hydroxylation is 2. The Balaban J connectivity index is 0.000000912. The molecule has 3 heteroatoms. The molecule has 0 heterocycles. The minimum absolute atomic E-state index is 0. The summed E-state index contributed by atoms with van der Waals surface area (Å²) in [5, 5.41) is 0. The fourth-order valence-electron chi connectivity index (χ4n) is 9.86. The number of hydrogen-bond donors (Lipinski definition) is 0. The van der Waals surface area contributed by atoms with Crippen LogP contribution in [0.3, 0.4) is 0 Å². The zero-order valence-electron chi connectivity index (χ0n) is 35.1. The second-order valence-corrected chi connectivity index (χ2v) is 28.0. The molecule has 59 heavy (non-hydrogen) atoms. The van der Waals surface area contributed by atoms with E-state index in [4.69, 9.17) is 4.12 Å². The van der Waals surface area contributed by atoms with Gasteiger partial charge in [0.05, 0.1) is 5.41 Å². The third kappa shape index (κ3) is 12.2. The molecule has 0 unspecified atom stereocenters. The highest BCUT2D eigenvalue weighted by molar-refractivity contribution is 6.84. The Bertz CT molecular complexity index is 1700. The summed E-state index contributed by atoms with van der Waals surface area (Å²) in [6.07, 6.45) is 13.7. The van der Waals surface area contributed by atoms with Gasteiger partial charge in [-0.3, -0.25) is 0 Å². The molecule has 332 valence electrons. The monoisotopic (exact) mass is 839 g/mol. The van der Waals surface area contributed by atoms with Crippen molar-refractivity contribution >= 4 is 16.6 Å². The average molecular weight is 840 g/mol. The van der Waals surface area contributed by atoms with Crippen LogP contribution in [0.15, 0.2) is 84.9 Å². The van der Waals surface area contributed by atoms with E-state index in [9.17, 15) is 0 Å². The van der Waals surface area contributed by atoms with Crippen molar-refractivity contribution in [2.75, 3.05) is 0 Å². The second-order valence-electron chi connectivity index (χ2n) is 18.8. The van der Waals surface area contributed by atoms with Crippen molar-refractivity contribution in [1.29, 1.82) is 0 Å². The van der Waals surface area contributed by atoms with Crippen LogP contribution in [0, 0.1) is 37.5 Å². The molecule has 4 aromatic rings. The summed E-state index contributed by atoms with van der Waals surface area (Å²) in [6.45, 7) is 23.0. The zero-order chi connectivity index (χ0) is 38.0. The Morgan fingerprint density at radius 1 is 0.475 bits per heavy atom. The maximum absolute atomic E-state index is 6.20. The largest absolute Gasteiger partial charge is 0.456 e. The van der Waals surface area contributed by atoms with Crippen molar-refractivity contribution in [2.45, 2.75) is 188 Å². The van der Waals surface area contributed by atoms with E-state index >= 15 is 0 Å². The predicted molar refractivity (Wildman–Crippen MR) is 276 cm³/mol. The summed E-state index contributed by atoms with van der Waals surface area (Å²) in [7, 11) is -2.54. The van der Waals surface area contributed by atoms with Crippen LogP contribution in [0.25, 0.3) is 22.3 Å². The first-order valence-corrected chi connectivity index (χ1v) is 27.6. The van der Waals surface area contributed by atoms with E-state index in [0.717, 1.165) is 23.7 Å². The van der Waals surface area contributed by atoms with Gasteiger partial charge in [-0.2, -0.15) is 0 Å². The lowest BCUT2D eigenvalue weighted by Gasteiger charge is -2.32. The summed E-state index contributed by atoms with van der Waals surface area (Å²) in [4.78, 5) is 0. The molecular formula is C56H94OSi2. The van der Waals surface area contributed by atoms with E-state index in [1.54, 1.807) is 6.42 Å². The van der Waals surface area contributed by atoms with Crippen molar-refractivity contribution in [3.8, 4) is 22.3 Å². The number of rotatable bonds is 6. The van der Waals surface area contributed by atoms with Crippen molar-refractivity contribution in [3.05, 3.63) is 118 Å². The molecule has 0 amide bonds. The molecule has 0 aromatic heterocycles. The Hall–Kier alpha value is -2.73. The number of hydrogen-bond acceptors (Lipinski definition) is 1. The van der Waals surface area contributed by atoms with Gasteiger partial charge in [0.1, 0.15) is 0 Å². The van der Waals surface area contributed by atoms with Crippen molar-refractivity contribution in [2.24, 2.45) is 23.7 Å². The summed E-state index contributed by atoms with van der Waals surface area (Å²) < 4.78 is 6.20. The molecule has 4 aromatic carbocycles. The Morgan fingerprint density at radius 3 is 1.14 bits per heavy atom. The van der Waals surface area contributed by atoms with Gasteiger partial charge in [0.2, 0.25) is 0 Å². The molecule has 0 N–H and O–H groups in total. The van der Waals surface area contributed by atoms with Crippen molar-refractivity contribution in [3.63, 3.8) is 0 Å². The smallest absolute Gasteiger partial charge is 0.173 e. The van der Waals surface area contributed by atoms with Gasteiger partial charge in [-0.05, 0) is 127 Å². The zero-order valence-corrected chi connectivity index (χ0v) is 37.1. The first-order valence-electron chi connectivity index (χ1n) is 21.4. The lowest BCUT2D eigenvalue weighted by molar-refractivity contribution is 0.201. The van der Waals surface area contributed by atoms with Crippen molar-refractivity contribution < 1.29 is 4.12 Å².